The summed E-state index contributed by atoms with van der Waals surface area (Å²) in [6.45, 7) is 4.16. The first-order valence-electron chi connectivity index (χ1n) is 10.3. The zero-order valence-corrected chi connectivity index (χ0v) is 18.9. The molecule has 1 amide bonds. The van der Waals surface area contributed by atoms with Gasteiger partial charge in [0.15, 0.2) is 17.3 Å². The third-order valence-electron chi connectivity index (χ3n) is 5.44. The second-order valence-electron chi connectivity index (χ2n) is 7.72. The number of nitrogens with two attached hydrogens (primary N) is 1. The minimum atomic E-state index is 0.123. The second kappa shape index (κ2) is 10.1. The van der Waals surface area contributed by atoms with E-state index in [9.17, 15) is 4.79 Å². The second-order valence-corrected chi connectivity index (χ2v) is 8.66. The van der Waals surface area contributed by atoms with Crippen molar-refractivity contribution in [2.24, 2.45) is 0 Å². The number of methoxy groups -OCH3 is 2. The standard InChI is InChI=1S/C21H31N5O3S/c1-14(2)25(16-8-6-5-7-9-16)19(27)13-30-21-24-23-20(26(21)22)15-10-11-17(28-3)18(12-15)29-4/h10-12,14,16H,5-9,13,22H2,1-4H3. The zero-order chi connectivity index (χ0) is 21.7. The highest BCUT2D eigenvalue weighted by atomic mass is 32.2. The predicted octanol–water partition coefficient (Wildman–Crippen LogP) is 3.34. The van der Waals surface area contributed by atoms with Crippen LogP contribution in [0.4, 0.5) is 0 Å². The van der Waals surface area contributed by atoms with E-state index < -0.39 is 0 Å². The van der Waals surface area contributed by atoms with E-state index in [1.54, 1.807) is 26.4 Å². The number of hydrogen-bond donors (Lipinski definition) is 1. The van der Waals surface area contributed by atoms with Gasteiger partial charge in [-0.3, -0.25) is 4.79 Å². The fourth-order valence-electron chi connectivity index (χ4n) is 4.02. The van der Waals surface area contributed by atoms with Gasteiger partial charge < -0.3 is 20.2 Å². The Morgan fingerprint density at radius 2 is 1.90 bits per heavy atom. The normalized spacial score (nSPS) is 14.7. The van der Waals surface area contributed by atoms with Crippen LogP contribution in [-0.2, 0) is 4.79 Å². The first-order valence-corrected chi connectivity index (χ1v) is 11.3. The smallest absolute Gasteiger partial charge is 0.233 e. The summed E-state index contributed by atoms with van der Waals surface area (Å²) < 4.78 is 12.0. The molecule has 0 radical (unpaired) electrons. The molecule has 0 bridgehead atoms. The molecule has 2 N–H and O–H groups in total. The summed E-state index contributed by atoms with van der Waals surface area (Å²) in [6, 6.07) is 5.96. The van der Waals surface area contributed by atoms with Crippen LogP contribution in [0.25, 0.3) is 11.4 Å². The maximum atomic E-state index is 13.0. The van der Waals surface area contributed by atoms with Gasteiger partial charge >= 0.3 is 0 Å². The first-order chi connectivity index (χ1) is 14.5. The Bertz CT molecular complexity index is 864. The van der Waals surface area contributed by atoms with E-state index >= 15 is 0 Å². The van der Waals surface area contributed by atoms with Crippen LogP contribution in [0.2, 0.25) is 0 Å². The Balaban J connectivity index is 1.71. The van der Waals surface area contributed by atoms with Gasteiger partial charge in [0.25, 0.3) is 0 Å². The maximum absolute atomic E-state index is 13.0. The van der Waals surface area contributed by atoms with Crippen LogP contribution in [0, 0.1) is 0 Å². The fourth-order valence-corrected chi connectivity index (χ4v) is 4.75. The van der Waals surface area contributed by atoms with Crippen molar-refractivity contribution >= 4 is 17.7 Å². The molecule has 1 aromatic heterocycles. The number of benzene rings is 1. The number of amides is 1. The van der Waals surface area contributed by atoms with Crippen molar-refractivity contribution in [3.8, 4) is 22.9 Å². The Kier molecular flexibility index (Phi) is 7.47. The summed E-state index contributed by atoms with van der Waals surface area (Å²) in [7, 11) is 3.16. The first kappa shape index (κ1) is 22.3. The predicted molar refractivity (Wildman–Crippen MR) is 118 cm³/mol. The van der Waals surface area contributed by atoms with Gasteiger partial charge in [-0.05, 0) is 44.9 Å². The summed E-state index contributed by atoms with van der Waals surface area (Å²) in [5.74, 6) is 8.36. The molecule has 0 atom stereocenters. The number of ether oxygens (including phenoxy) is 2. The molecule has 164 valence electrons. The maximum Gasteiger partial charge on any atom is 0.233 e. The van der Waals surface area contributed by atoms with E-state index in [0.717, 1.165) is 18.4 Å². The van der Waals surface area contributed by atoms with Crippen LogP contribution in [0.5, 0.6) is 11.5 Å². The summed E-state index contributed by atoms with van der Waals surface area (Å²) in [4.78, 5) is 15.0. The number of aromatic nitrogens is 3. The van der Waals surface area contributed by atoms with Crippen molar-refractivity contribution in [2.45, 2.75) is 63.2 Å². The van der Waals surface area contributed by atoms with E-state index in [1.165, 1.54) is 35.7 Å². The van der Waals surface area contributed by atoms with Crippen LogP contribution < -0.4 is 15.3 Å². The molecule has 9 heteroatoms. The van der Waals surface area contributed by atoms with Crippen molar-refractivity contribution in [3.05, 3.63) is 18.2 Å². The molecule has 2 aromatic rings. The number of nitrogen functional groups attached to an aromatic ring is 1. The van der Waals surface area contributed by atoms with Gasteiger partial charge in [-0.2, -0.15) is 0 Å². The quantitative estimate of drug-likeness (QED) is 0.504. The van der Waals surface area contributed by atoms with Gasteiger partial charge in [-0.25, -0.2) is 4.68 Å². The van der Waals surface area contributed by atoms with Crippen molar-refractivity contribution in [1.82, 2.24) is 19.8 Å². The summed E-state index contributed by atoms with van der Waals surface area (Å²) in [6.07, 6.45) is 5.83. The van der Waals surface area contributed by atoms with E-state index in [2.05, 4.69) is 24.0 Å². The fraction of sp³-hybridized carbons (Fsp3) is 0.571. The van der Waals surface area contributed by atoms with Crippen LogP contribution in [0.3, 0.4) is 0 Å². The molecule has 0 aliphatic heterocycles. The molecule has 8 nitrogen and oxygen atoms in total. The molecule has 3 rings (SSSR count). The molecule has 0 saturated heterocycles. The number of hydrogen-bond acceptors (Lipinski definition) is 7. The van der Waals surface area contributed by atoms with Gasteiger partial charge in [0.2, 0.25) is 11.1 Å². The summed E-state index contributed by atoms with van der Waals surface area (Å²) in [5.41, 5.74) is 0.756. The highest BCUT2D eigenvalue weighted by Crippen LogP contribution is 2.32. The molecule has 1 aliphatic rings. The Hall–Kier alpha value is -2.42. The highest BCUT2D eigenvalue weighted by molar-refractivity contribution is 7.99. The third kappa shape index (κ3) is 4.83. The molecule has 1 saturated carbocycles. The summed E-state index contributed by atoms with van der Waals surface area (Å²) >= 11 is 1.32. The summed E-state index contributed by atoms with van der Waals surface area (Å²) in [5, 5.41) is 8.90. The van der Waals surface area contributed by atoms with Crippen molar-refractivity contribution in [3.63, 3.8) is 0 Å². The molecule has 1 aromatic carbocycles. The lowest BCUT2D eigenvalue weighted by atomic mass is 9.93. The van der Waals surface area contributed by atoms with E-state index in [4.69, 9.17) is 15.3 Å². The van der Waals surface area contributed by atoms with E-state index in [1.807, 2.05) is 11.0 Å². The van der Waals surface area contributed by atoms with Gasteiger partial charge in [-0.1, -0.05) is 31.0 Å². The largest absolute Gasteiger partial charge is 0.493 e. The topological polar surface area (TPSA) is 95.5 Å². The third-order valence-corrected chi connectivity index (χ3v) is 6.37. The molecule has 1 aliphatic carbocycles. The van der Waals surface area contributed by atoms with Gasteiger partial charge in [-0.15, -0.1) is 10.2 Å². The van der Waals surface area contributed by atoms with Crippen molar-refractivity contribution < 1.29 is 14.3 Å². The Morgan fingerprint density at radius 3 is 2.53 bits per heavy atom. The average molecular weight is 434 g/mol. The van der Waals surface area contributed by atoms with Crippen LogP contribution in [0.15, 0.2) is 23.4 Å². The average Bonchev–Trinajstić information content (AvgIpc) is 3.12. The minimum absolute atomic E-state index is 0.123. The lowest BCUT2D eigenvalue weighted by Crippen LogP contribution is -2.46. The highest BCUT2D eigenvalue weighted by Gasteiger charge is 2.28. The van der Waals surface area contributed by atoms with Crippen molar-refractivity contribution in [2.75, 3.05) is 25.8 Å². The minimum Gasteiger partial charge on any atom is -0.493 e. The number of rotatable bonds is 8. The van der Waals surface area contributed by atoms with Crippen molar-refractivity contribution in [1.29, 1.82) is 0 Å². The van der Waals surface area contributed by atoms with E-state index in [-0.39, 0.29) is 17.7 Å². The van der Waals surface area contributed by atoms with Gasteiger partial charge in [0.05, 0.1) is 20.0 Å². The van der Waals surface area contributed by atoms with Crippen LogP contribution in [-0.4, -0.2) is 57.7 Å². The molecule has 1 heterocycles. The molecule has 1 fully saturated rings. The monoisotopic (exact) mass is 433 g/mol. The van der Waals surface area contributed by atoms with Crippen LogP contribution in [0.1, 0.15) is 46.0 Å². The lowest BCUT2D eigenvalue weighted by Gasteiger charge is -2.37. The lowest BCUT2D eigenvalue weighted by molar-refractivity contribution is -0.133. The number of carbonyl (C=O) groups excluding carboxylic acids is 1. The van der Waals surface area contributed by atoms with Crippen LogP contribution >= 0.6 is 11.8 Å². The molecule has 0 unspecified atom stereocenters. The Morgan fingerprint density at radius 1 is 1.20 bits per heavy atom. The number of thioether (sulfide) groups is 1. The molecule has 30 heavy (non-hydrogen) atoms. The number of carbonyl (C=O) groups is 1. The Labute approximate surface area is 182 Å². The zero-order valence-electron chi connectivity index (χ0n) is 18.1. The molecule has 0 spiro atoms. The SMILES string of the molecule is COc1ccc(-c2nnc(SCC(=O)N(C(C)C)C3CCCCC3)n2N)cc1OC. The number of nitrogens with zero attached hydrogens (tertiary/aromatic N) is 4. The van der Waals surface area contributed by atoms with E-state index in [0.29, 0.717) is 28.5 Å². The van der Waals surface area contributed by atoms with Gasteiger partial charge in [0, 0.05) is 17.6 Å². The van der Waals surface area contributed by atoms with Gasteiger partial charge in [0.1, 0.15) is 0 Å². The molecular formula is C21H31N5O3S. The molecular weight excluding hydrogens is 402 g/mol.